The van der Waals surface area contributed by atoms with Crippen LogP contribution in [0.4, 0.5) is 0 Å². The highest BCUT2D eigenvalue weighted by Gasteiger charge is 2.19. The van der Waals surface area contributed by atoms with Gasteiger partial charge in [0.25, 0.3) is 0 Å². The predicted octanol–water partition coefficient (Wildman–Crippen LogP) is 1.08. The first-order valence-electron chi connectivity index (χ1n) is 4.70. The SMILES string of the molecule is CCCN1C[C@@H](C)N[C@H](C)C1. The lowest BCUT2D eigenvalue weighted by molar-refractivity contribution is 0.174. The van der Waals surface area contributed by atoms with Gasteiger partial charge in [-0.25, -0.2) is 0 Å². The summed E-state index contributed by atoms with van der Waals surface area (Å²) in [7, 11) is 0. The Morgan fingerprint density at radius 1 is 1.27 bits per heavy atom. The lowest BCUT2D eigenvalue weighted by Gasteiger charge is -2.35. The number of rotatable bonds is 2. The molecule has 1 heterocycles. The average Bonchev–Trinajstić information content (AvgIpc) is 1.85. The maximum Gasteiger partial charge on any atom is 0.0169 e. The van der Waals surface area contributed by atoms with E-state index in [1.807, 2.05) is 0 Å². The normalized spacial score (nSPS) is 34.1. The molecule has 2 atom stereocenters. The highest BCUT2D eigenvalue weighted by Crippen LogP contribution is 2.03. The van der Waals surface area contributed by atoms with E-state index in [9.17, 15) is 0 Å². The van der Waals surface area contributed by atoms with Gasteiger partial charge in [-0.3, -0.25) is 0 Å². The van der Waals surface area contributed by atoms with Crippen molar-refractivity contribution in [2.75, 3.05) is 19.6 Å². The van der Waals surface area contributed by atoms with Crippen molar-refractivity contribution in [3.05, 3.63) is 0 Å². The van der Waals surface area contributed by atoms with Gasteiger partial charge in [0.05, 0.1) is 0 Å². The minimum atomic E-state index is 0.672. The van der Waals surface area contributed by atoms with Crippen LogP contribution in [-0.2, 0) is 0 Å². The Balaban J connectivity index is 2.30. The van der Waals surface area contributed by atoms with E-state index in [4.69, 9.17) is 0 Å². The molecule has 0 radical (unpaired) electrons. The standard InChI is InChI=1S/C9H20N2/c1-4-5-11-6-8(2)10-9(3)7-11/h8-10H,4-7H2,1-3H3/t8-,9-/m1/s1. The quantitative estimate of drug-likeness (QED) is 0.643. The van der Waals surface area contributed by atoms with E-state index in [0.29, 0.717) is 12.1 Å². The molecule has 1 aliphatic rings. The first-order chi connectivity index (χ1) is 5.22. The second-order valence-electron chi connectivity index (χ2n) is 3.73. The van der Waals surface area contributed by atoms with Crippen molar-refractivity contribution in [1.82, 2.24) is 10.2 Å². The highest BCUT2D eigenvalue weighted by molar-refractivity contribution is 4.80. The summed E-state index contributed by atoms with van der Waals surface area (Å²) in [4.78, 5) is 2.55. The monoisotopic (exact) mass is 156 g/mol. The van der Waals surface area contributed by atoms with Gasteiger partial charge in [0.15, 0.2) is 0 Å². The summed E-state index contributed by atoms with van der Waals surface area (Å²) in [5.74, 6) is 0. The summed E-state index contributed by atoms with van der Waals surface area (Å²) < 4.78 is 0. The molecular formula is C9H20N2. The zero-order valence-corrected chi connectivity index (χ0v) is 7.93. The maximum atomic E-state index is 3.53. The zero-order valence-electron chi connectivity index (χ0n) is 7.93. The first-order valence-corrected chi connectivity index (χ1v) is 4.70. The number of piperazine rings is 1. The average molecular weight is 156 g/mol. The Morgan fingerprint density at radius 3 is 2.27 bits per heavy atom. The maximum absolute atomic E-state index is 3.53. The van der Waals surface area contributed by atoms with E-state index in [0.717, 1.165) is 0 Å². The summed E-state index contributed by atoms with van der Waals surface area (Å²) in [5, 5.41) is 3.53. The number of hydrogen-bond acceptors (Lipinski definition) is 2. The van der Waals surface area contributed by atoms with Crippen LogP contribution in [0.25, 0.3) is 0 Å². The molecule has 1 aliphatic heterocycles. The van der Waals surface area contributed by atoms with E-state index < -0.39 is 0 Å². The topological polar surface area (TPSA) is 15.3 Å². The van der Waals surface area contributed by atoms with E-state index in [1.165, 1.54) is 26.1 Å². The molecule has 2 heteroatoms. The molecule has 0 bridgehead atoms. The molecule has 0 unspecified atom stereocenters. The van der Waals surface area contributed by atoms with Gasteiger partial charge in [0.2, 0.25) is 0 Å². The first kappa shape index (κ1) is 9.01. The van der Waals surface area contributed by atoms with Crippen LogP contribution in [0, 0.1) is 0 Å². The molecule has 0 aliphatic carbocycles. The number of hydrogen-bond donors (Lipinski definition) is 1. The second-order valence-corrected chi connectivity index (χ2v) is 3.73. The summed E-state index contributed by atoms with van der Waals surface area (Å²) in [6, 6.07) is 1.34. The van der Waals surface area contributed by atoms with Crippen molar-refractivity contribution in [3.8, 4) is 0 Å². The molecule has 0 aromatic rings. The predicted molar refractivity (Wildman–Crippen MR) is 48.8 cm³/mol. The summed E-state index contributed by atoms with van der Waals surface area (Å²) >= 11 is 0. The fraction of sp³-hybridized carbons (Fsp3) is 1.00. The third-order valence-corrected chi connectivity index (χ3v) is 2.17. The van der Waals surface area contributed by atoms with Gasteiger partial charge < -0.3 is 10.2 Å². The van der Waals surface area contributed by atoms with E-state index in [-0.39, 0.29) is 0 Å². The van der Waals surface area contributed by atoms with Gasteiger partial charge in [0, 0.05) is 25.2 Å². The van der Waals surface area contributed by atoms with Crippen LogP contribution in [0.15, 0.2) is 0 Å². The van der Waals surface area contributed by atoms with Crippen molar-refractivity contribution < 1.29 is 0 Å². The Morgan fingerprint density at radius 2 is 1.82 bits per heavy atom. The number of nitrogens with zero attached hydrogens (tertiary/aromatic N) is 1. The minimum Gasteiger partial charge on any atom is -0.309 e. The van der Waals surface area contributed by atoms with Crippen LogP contribution < -0.4 is 5.32 Å². The Bertz CT molecular complexity index is 104. The largest absolute Gasteiger partial charge is 0.309 e. The zero-order chi connectivity index (χ0) is 8.27. The molecule has 0 aromatic heterocycles. The van der Waals surface area contributed by atoms with Crippen molar-refractivity contribution in [2.45, 2.75) is 39.3 Å². The molecule has 0 spiro atoms. The highest BCUT2D eigenvalue weighted by atomic mass is 15.2. The molecule has 1 N–H and O–H groups in total. The Hall–Kier alpha value is -0.0800. The Kier molecular flexibility index (Phi) is 3.34. The molecule has 0 amide bonds. The smallest absolute Gasteiger partial charge is 0.0169 e. The van der Waals surface area contributed by atoms with Crippen molar-refractivity contribution in [3.63, 3.8) is 0 Å². The molecular weight excluding hydrogens is 136 g/mol. The summed E-state index contributed by atoms with van der Waals surface area (Å²) in [6.45, 7) is 10.5. The van der Waals surface area contributed by atoms with Gasteiger partial charge in [-0.1, -0.05) is 6.92 Å². The fourth-order valence-electron chi connectivity index (χ4n) is 1.94. The van der Waals surface area contributed by atoms with Crippen LogP contribution in [-0.4, -0.2) is 36.6 Å². The van der Waals surface area contributed by atoms with E-state index in [2.05, 4.69) is 31.0 Å². The minimum absolute atomic E-state index is 0.672. The second kappa shape index (κ2) is 4.07. The van der Waals surface area contributed by atoms with Gasteiger partial charge in [0.1, 0.15) is 0 Å². The van der Waals surface area contributed by atoms with Crippen LogP contribution >= 0.6 is 0 Å². The van der Waals surface area contributed by atoms with Crippen LogP contribution in [0.3, 0.4) is 0 Å². The number of nitrogens with one attached hydrogen (secondary N) is 1. The lowest BCUT2D eigenvalue weighted by atomic mass is 10.1. The molecule has 0 saturated carbocycles. The Labute approximate surface area is 70.0 Å². The molecule has 1 rings (SSSR count). The van der Waals surface area contributed by atoms with Gasteiger partial charge in [-0.05, 0) is 26.8 Å². The van der Waals surface area contributed by atoms with E-state index >= 15 is 0 Å². The summed E-state index contributed by atoms with van der Waals surface area (Å²) in [5.41, 5.74) is 0. The van der Waals surface area contributed by atoms with Crippen molar-refractivity contribution in [2.24, 2.45) is 0 Å². The van der Waals surface area contributed by atoms with Gasteiger partial charge in [-0.2, -0.15) is 0 Å². The fourth-order valence-corrected chi connectivity index (χ4v) is 1.94. The van der Waals surface area contributed by atoms with E-state index in [1.54, 1.807) is 0 Å². The van der Waals surface area contributed by atoms with Crippen LogP contribution in [0.5, 0.6) is 0 Å². The van der Waals surface area contributed by atoms with Crippen molar-refractivity contribution >= 4 is 0 Å². The molecule has 11 heavy (non-hydrogen) atoms. The molecule has 66 valence electrons. The molecule has 2 nitrogen and oxygen atoms in total. The molecule has 1 saturated heterocycles. The lowest BCUT2D eigenvalue weighted by Crippen LogP contribution is -2.54. The third-order valence-electron chi connectivity index (χ3n) is 2.17. The van der Waals surface area contributed by atoms with Gasteiger partial charge in [-0.15, -0.1) is 0 Å². The van der Waals surface area contributed by atoms with Gasteiger partial charge >= 0.3 is 0 Å². The van der Waals surface area contributed by atoms with Crippen molar-refractivity contribution in [1.29, 1.82) is 0 Å². The summed E-state index contributed by atoms with van der Waals surface area (Å²) in [6.07, 6.45) is 1.28. The molecule has 0 aromatic carbocycles. The van der Waals surface area contributed by atoms with Crippen LogP contribution in [0.1, 0.15) is 27.2 Å². The van der Waals surface area contributed by atoms with Crippen LogP contribution in [0.2, 0.25) is 0 Å². The molecule has 1 fully saturated rings. The third kappa shape index (κ3) is 2.80.